The molecule has 0 nitrogen and oxygen atoms in total. The number of rotatable bonds is 0. The molecule has 0 amide bonds. The predicted octanol–water partition coefficient (Wildman–Crippen LogP) is 2.46. The van der Waals surface area contributed by atoms with Crippen molar-refractivity contribution in [3.05, 3.63) is 43.1 Å². The van der Waals surface area contributed by atoms with E-state index in [1.54, 1.807) is 6.92 Å². The zero-order chi connectivity index (χ0) is 7.11. The van der Waals surface area contributed by atoms with Crippen LogP contribution in [0.25, 0.3) is 0 Å². The van der Waals surface area contributed by atoms with Crippen LogP contribution in [0, 0.1) is 18.8 Å². The fraction of sp³-hybridized carbons (Fsp3) is 0.125. The Morgan fingerprint density at radius 2 is 1.70 bits per heavy atom. The third-order valence-corrected chi connectivity index (χ3v) is 0.678. The van der Waals surface area contributed by atoms with Gasteiger partial charge in [-0.3, -0.25) is 0 Å². The number of hydrogen-bond donors (Lipinski definition) is 0. The van der Waals surface area contributed by atoms with E-state index in [0.29, 0.717) is 0 Å². The molecule has 0 aliphatic rings. The zero-order valence-electron chi connectivity index (χ0n) is 6.10. The minimum absolute atomic E-state index is 0. The van der Waals surface area contributed by atoms with E-state index in [-0.39, 0.29) is 25.3 Å². The first-order valence-corrected chi connectivity index (χ1v) is 2.72. The van der Waals surface area contributed by atoms with Gasteiger partial charge in [0.2, 0.25) is 0 Å². The summed E-state index contributed by atoms with van der Waals surface area (Å²) in [6.07, 6.45) is 0. The maximum Gasteiger partial charge on any atom is 2.00 e. The van der Waals surface area contributed by atoms with Gasteiger partial charge >= 0.3 is 19.5 Å². The molecule has 0 spiro atoms. The molecule has 0 atom stereocenters. The normalized spacial score (nSPS) is 6.70. The first-order chi connectivity index (χ1) is 4.39. The van der Waals surface area contributed by atoms with Crippen molar-refractivity contribution in [1.29, 1.82) is 0 Å². The van der Waals surface area contributed by atoms with Crippen LogP contribution in [-0.4, -0.2) is 0 Å². The molecule has 0 aromatic heterocycles. The Hall–Kier alpha value is -0.227. The zero-order valence-corrected chi connectivity index (χ0v) is 9.07. The van der Waals surface area contributed by atoms with Crippen LogP contribution >= 0.6 is 0 Å². The van der Waals surface area contributed by atoms with Gasteiger partial charge in [-0.15, -0.1) is 12.1 Å². The van der Waals surface area contributed by atoms with Crippen LogP contribution < -0.4 is 0 Å². The number of halogens is 1. The van der Waals surface area contributed by atoms with Gasteiger partial charge in [0.25, 0.3) is 0 Å². The van der Waals surface area contributed by atoms with Crippen molar-refractivity contribution < 1.29 is 23.9 Å². The standard InChI is InChI=1S/C6H4F.C2H5.Zn/c7-6-4-2-1-3-5-6;1-2;/h2-5H;1H2,2H3;/q2*-1;+2. The fourth-order valence-electron chi connectivity index (χ4n) is 0.367. The molecule has 10 heavy (non-hydrogen) atoms. The Morgan fingerprint density at radius 3 is 1.90 bits per heavy atom. The van der Waals surface area contributed by atoms with Crippen molar-refractivity contribution >= 4 is 0 Å². The molecular weight excluding hydrogens is 180 g/mol. The molecule has 1 rings (SSSR count). The van der Waals surface area contributed by atoms with Gasteiger partial charge in [0.05, 0.1) is 0 Å². The molecule has 0 fully saturated rings. The minimum Gasteiger partial charge on any atom is -0.346 e. The average Bonchev–Trinajstić information content (AvgIpc) is 1.94. The second kappa shape index (κ2) is 8.77. The summed E-state index contributed by atoms with van der Waals surface area (Å²) in [7, 11) is 0. The SMILES string of the molecule is Fc1cc[c-]cc1.[CH2-]C.[Zn+2]. The Kier molecular flexibility index (Phi) is 10.9. The largest absolute Gasteiger partial charge is 2.00 e. The summed E-state index contributed by atoms with van der Waals surface area (Å²) >= 11 is 0. The van der Waals surface area contributed by atoms with Gasteiger partial charge < -0.3 is 6.92 Å². The molecule has 2 heteroatoms. The van der Waals surface area contributed by atoms with Crippen LogP contribution in [0.4, 0.5) is 4.39 Å². The van der Waals surface area contributed by atoms with E-state index in [2.05, 4.69) is 13.0 Å². The quantitative estimate of drug-likeness (QED) is 0.435. The summed E-state index contributed by atoms with van der Waals surface area (Å²) in [5, 5.41) is 0. The topological polar surface area (TPSA) is 0 Å². The van der Waals surface area contributed by atoms with E-state index in [1.807, 2.05) is 0 Å². The van der Waals surface area contributed by atoms with E-state index in [9.17, 15) is 4.39 Å². The molecule has 0 aliphatic carbocycles. The summed E-state index contributed by atoms with van der Waals surface area (Å²) < 4.78 is 11.9. The van der Waals surface area contributed by atoms with Crippen LogP contribution in [-0.2, 0) is 19.5 Å². The second-order valence-electron chi connectivity index (χ2n) is 1.22. The molecule has 0 aliphatic heterocycles. The first kappa shape index (κ1) is 12.4. The van der Waals surface area contributed by atoms with Gasteiger partial charge in [0.1, 0.15) is 0 Å². The second-order valence-corrected chi connectivity index (χ2v) is 1.22. The Morgan fingerprint density at radius 1 is 1.30 bits per heavy atom. The van der Waals surface area contributed by atoms with Crippen LogP contribution in [0.3, 0.4) is 0 Å². The first-order valence-electron chi connectivity index (χ1n) is 2.72. The van der Waals surface area contributed by atoms with Crippen molar-refractivity contribution in [2.75, 3.05) is 0 Å². The molecule has 0 radical (unpaired) electrons. The summed E-state index contributed by atoms with van der Waals surface area (Å²) in [5.41, 5.74) is 0. The van der Waals surface area contributed by atoms with E-state index < -0.39 is 0 Å². The fourth-order valence-corrected chi connectivity index (χ4v) is 0.367. The third kappa shape index (κ3) is 5.90. The average molecular weight is 190 g/mol. The molecule has 0 bridgehead atoms. The van der Waals surface area contributed by atoms with Gasteiger partial charge in [-0.1, -0.05) is 0 Å². The smallest absolute Gasteiger partial charge is 0.346 e. The molecule has 0 saturated carbocycles. The summed E-state index contributed by atoms with van der Waals surface area (Å²) in [4.78, 5) is 0. The molecule has 0 saturated heterocycles. The van der Waals surface area contributed by atoms with Crippen molar-refractivity contribution in [2.24, 2.45) is 0 Å². The molecule has 50 valence electrons. The molecular formula is C8H9FZn. The van der Waals surface area contributed by atoms with Gasteiger partial charge in [-0.2, -0.15) is 25.1 Å². The summed E-state index contributed by atoms with van der Waals surface area (Å²) in [5.74, 6) is -0.209. The maximum atomic E-state index is 11.9. The van der Waals surface area contributed by atoms with Gasteiger partial charge in [0.15, 0.2) is 0 Å². The van der Waals surface area contributed by atoms with E-state index >= 15 is 0 Å². The van der Waals surface area contributed by atoms with Gasteiger partial charge in [-0.05, 0) is 0 Å². The maximum absolute atomic E-state index is 11.9. The predicted molar refractivity (Wildman–Crippen MR) is 36.3 cm³/mol. The summed E-state index contributed by atoms with van der Waals surface area (Å²) in [6, 6.07) is 8.49. The van der Waals surface area contributed by atoms with Crippen LogP contribution in [0.2, 0.25) is 0 Å². The van der Waals surface area contributed by atoms with E-state index in [4.69, 9.17) is 0 Å². The van der Waals surface area contributed by atoms with Crippen molar-refractivity contribution in [3.8, 4) is 0 Å². The van der Waals surface area contributed by atoms with Crippen LogP contribution in [0.15, 0.2) is 24.3 Å². The third-order valence-electron chi connectivity index (χ3n) is 0.678. The van der Waals surface area contributed by atoms with Crippen LogP contribution in [0.5, 0.6) is 0 Å². The molecule has 0 heterocycles. The van der Waals surface area contributed by atoms with E-state index in [0.717, 1.165) is 0 Å². The van der Waals surface area contributed by atoms with Crippen molar-refractivity contribution in [3.63, 3.8) is 0 Å². The molecule has 0 unspecified atom stereocenters. The van der Waals surface area contributed by atoms with Crippen molar-refractivity contribution in [2.45, 2.75) is 6.92 Å². The number of hydrogen-bond acceptors (Lipinski definition) is 0. The molecule has 1 aromatic rings. The monoisotopic (exact) mass is 188 g/mol. The van der Waals surface area contributed by atoms with E-state index in [1.165, 1.54) is 24.3 Å². The van der Waals surface area contributed by atoms with Gasteiger partial charge in [-0.25, -0.2) is 4.39 Å². The Balaban J connectivity index is 0. The number of benzene rings is 1. The Bertz CT molecular complexity index is 139. The van der Waals surface area contributed by atoms with Gasteiger partial charge in [0, 0.05) is 5.82 Å². The minimum atomic E-state index is -0.209. The summed E-state index contributed by atoms with van der Waals surface area (Å²) in [6.45, 7) is 5.00. The molecule has 1 aromatic carbocycles. The Labute approximate surface area is 74.2 Å². The molecule has 0 N–H and O–H groups in total. The van der Waals surface area contributed by atoms with Crippen molar-refractivity contribution in [1.82, 2.24) is 0 Å². The van der Waals surface area contributed by atoms with Crippen LogP contribution in [0.1, 0.15) is 6.92 Å².